The number of thioether (sulfide) groups is 1. The SMILES string of the molecule is COCCCSc1nc(N)nc(-n2cncn2)n1. The van der Waals surface area contributed by atoms with Crippen molar-refractivity contribution >= 4 is 17.7 Å². The predicted octanol–water partition coefficient (Wildman–Crippen LogP) is 0.163. The smallest absolute Gasteiger partial charge is 0.257 e. The van der Waals surface area contributed by atoms with Crippen molar-refractivity contribution < 1.29 is 4.74 Å². The molecule has 0 bridgehead atoms. The van der Waals surface area contributed by atoms with Crippen LogP contribution in [0.4, 0.5) is 5.95 Å². The number of aromatic nitrogens is 6. The Balaban J connectivity index is 2.07. The third kappa shape index (κ3) is 3.37. The highest BCUT2D eigenvalue weighted by atomic mass is 32.2. The first-order chi connectivity index (χ1) is 8.79. The average Bonchev–Trinajstić information content (AvgIpc) is 2.88. The van der Waals surface area contributed by atoms with Crippen molar-refractivity contribution in [2.45, 2.75) is 11.6 Å². The molecule has 0 spiro atoms. The fraction of sp³-hybridized carbons (Fsp3) is 0.444. The highest BCUT2D eigenvalue weighted by Gasteiger charge is 2.07. The summed E-state index contributed by atoms with van der Waals surface area (Å²) in [6, 6.07) is 0. The van der Waals surface area contributed by atoms with Gasteiger partial charge >= 0.3 is 0 Å². The minimum Gasteiger partial charge on any atom is -0.385 e. The standard InChI is InChI=1S/C9H13N7OS/c1-17-3-2-4-18-9-14-7(10)13-8(15-9)16-6-11-5-12-16/h5-6H,2-4H2,1H3,(H2,10,13,14,15). The summed E-state index contributed by atoms with van der Waals surface area (Å²) in [6.45, 7) is 0.712. The van der Waals surface area contributed by atoms with Crippen LogP contribution in [-0.4, -0.2) is 49.2 Å². The van der Waals surface area contributed by atoms with E-state index < -0.39 is 0 Å². The van der Waals surface area contributed by atoms with Crippen LogP contribution in [0.5, 0.6) is 0 Å². The molecule has 0 saturated carbocycles. The van der Waals surface area contributed by atoms with Gasteiger partial charge in [-0.15, -0.1) is 0 Å². The van der Waals surface area contributed by atoms with E-state index in [4.69, 9.17) is 10.5 Å². The molecular weight excluding hydrogens is 254 g/mol. The maximum atomic E-state index is 5.63. The Hall–Kier alpha value is -1.74. The third-order valence-electron chi connectivity index (χ3n) is 1.97. The first-order valence-electron chi connectivity index (χ1n) is 5.28. The number of hydrogen-bond donors (Lipinski definition) is 1. The van der Waals surface area contributed by atoms with E-state index in [1.54, 1.807) is 7.11 Å². The van der Waals surface area contributed by atoms with Crippen LogP contribution in [0.25, 0.3) is 5.95 Å². The second-order valence-electron chi connectivity index (χ2n) is 3.31. The second-order valence-corrected chi connectivity index (χ2v) is 4.37. The number of anilines is 1. The van der Waals surface area contributed by atoms with Crippen LogP contribution in [0.2, 0.25) is 0 Å². The summed E-state index contributed by atoms with van der Waals surface area (Å²) in [7, 11) is 1.68. The van der Waals surface area contributed by atoms with E-state index in [9.17, 15) is 0 Å². The molecule has 0 unspecified atom stereocenters. The van der Waals surface area contributed by atoms with Gasteiger partial charge in [0.2, 0.25) is 5.95 Å². The lowest BCUT2D eigenvalue weighted by molar-refractivity contribution is 0.200. The van der Waals surface area contributed by atoms with Crippen LogP contribution in [0.3, 0.4) is 0 Å². The zero-order valence-corrected chi connectivity index (χ0v) is 10.7. The highest BCUT2D eigenvalue weighted by Crippen LogP contribution is 2.15. The van der Waals surface area contributed by atoms with Crippen LogP contribution >= 0.6 is 11.8 Å². The van der Waals surface area contributed by atoms with E-state index in [0.717, 1.165) is 12.2 Å². The van der Waals surface area contributed by atoms with Crippen LogP contribution < -0.4 is 5.73 Å². The lowest BCUT2D eigenvalue weighted by Crippen LogP contribution is -2.07. The van der Waals surface area contributed by atoms with Gasteiger partial charge in [0.1, 0.15) is 12.7 Å². The van der Waals surface area contributed by atoms with Gasteiger partial charge < -0.3 is 10.5 Å². The topological polar surface area (TPSA) is 105 Å². The summed E-state index contributed by atoms with van der Waals surface area (Å²) >= 11 is 1.50. The summed E-state index contributed by atoms with van der Waals surface area (Å²) in [5.41, 5.74) is 5.63. The molecule has 2 aromatic heterocycles. The molecule has 18 heavy (non-hydrogen) atoms. The molecule has 0 radical (unpaired) electrons. The van der Waals surface area contributed by atoms with Gasteiger partial charge in [-0.2, -0.15) is 24.7 Å². The molecule has 2 rings (SSSR count). The monoisotopic (exact) mass is 267 g/mol. The van der Waals surface area contributed by atoms with Gasteiger partial charge in [0.15, 0.2) is 5.16 Å². The molecule has 2 heterocycles. The van der Waals surface area contributed by atoms with Crippen molar-refractivity contribution in [3.8, 4) is 5.95 Å². The molecular formula is C9H13N7OS. The van der Waals surface area contributed by atoms with Crippen LogP contribution in [0, 0.1) is 0 Å². The molecule has 96 valence electrons. The van der Waals surface area contributed by atoms with E-state index in [0.29, 0.717) is 17.7 Å². The molecule has 0 aliphatic heterocycles. The average molecular weight is 267 g/mol. The molecule has 0 fully saturated rings. The van der Waals surface area contributed by atoms with E-state index in [2.05, 4.69) is 25.0 Å². The van der Waals surface area contributed by atoms with Crippen LogP contribution in [0.1, 0.15) is 6.42 Å². The molecule has 0 aromatic carbocycles. The van der Waals surface area contributed by atoms with Crippen molar-refractivity contribution in [2.75, 3.05) is 25.2 Å². The quantitative estimate of drug-likeness (QED) is 0.583. The van der Waals surface area contributed by atoms with Crippen LogP contribution in [-0.2, 0) is 4.74 Å². The molecule has 0 amide bonds. The van der Waals surface area contributed by atoms with Crippen molar-refractivity contribution in [3.63, 3.8) is 0 Å². The summed E-state index contributed by atoms with van der Waals surface area (Å²) in [4.78, 5) is 16.1. The van der Waals surface area contributed by atoms with Gasteiger partial charge in [0.25, 0.3) is 5.95 Å². The summed E-state index contributed by atoms with van der Waals surface area (Å²) in [5, 5.41) is 4.52. The Morgan fingerprint density at radius 2 is 2.28 bits per heavy atom. The Kier molecular flexibility index (Phi) is 4.42. The summed E-state index contributed by atoms with van der Waals surface area (Å²) < 4.78 is 6.41. The number of nitrogens with zero attached hydrogens (tertiary/aromatic N) is 6. The van der Waals surface area contributed by atoms with Crippen molar-refractivity contribution in [1.82, 2.24) is 29.7 Å². The number of nitrogen functional groups attached to an aromatic ring is 1. The molecule has 0 saturated heterocycles. The summed E-state index contributed by atoms with van der Waals surface area (Å²) in [6.07, 6.45) is 3.84. The number of nitrogens with two attached hydrogens (primary N) is 1. The fourth-order valence-corrected chi connectivity index (χ4v) is 1.96. The lowest BCUT2D eigenvalue weighted by Gasteiger charge is -2.03. The molecule has 0 aliphatic carbocycles. The minimum absolute atomic E-state index is 0.171. The molecule has 2 N–H and O–H groups in total. The van der Waals surface area contributed by atoms with E-state index in [1.807, 2.05) is 0 Å². The maximum absolute atomic E-state index is 5.63. The highest BCUT2D eigenvalue weighted by molar-refractivity contribution is 7.99. The van der Waals surface area contributed by atoms with Crippen molar-refractivity contribution in [3.05, 3.63) is 12.7 Å². The Bertz CT molecular complexity index is 490. The normalized spacial score (nSPS) is 10.7. The van der Waals surface area contributed by atoms with E-state index in [-0.39, 0.29) is 5.95 Å². The van der Waals surface area contributed by atoms with Crippen LogP contribution in [0.15, 0.2) is 17.8 Å². The van der Waals surface area contributed by atoms with Gasteiger partial charge in [0, 0.05) is 19.5 Å². The van der Waals surface area contributed by atoms with Gasteiger partial charge in [-0.25, -0.2) is 4.98 Å². The van der Waals surface area contributed by atoms with Gasteiger partial charge in [-0.1, -0.05) is 11.8 Å². The van der Waals surface area contributed by atoms with Crippen molar-refractivity contribution in [1.29, 1.82) is 0 Å². The minimum atomic E-state index is 0.171. The first kappa shape index (κ1) is 12.7. The fourth-order valence-electron chi connectivity index (χ4n) is 1.21. The molecule has 0 aliphatic rings. The number of rotatable bonds is 6. The van der Waals surface area contributed by atoms with Gasteiger partial charge in [0.05, 0.1) is 0 Å². The largest absolute Gasteiger partial charge is 0.385 e. The predicted molar refractivity (Wildman–Crippen MR) is 66.4 cm³/mol. The number of methoxy groups -OCH3 is 1. The molecule has 9 heteroatoms. The zero-order valence-electron chi connectivity index (χ0n) is 9.85. The Morgan fingerprint density at radius 1 is 1.39 bits per heavy atom. The number of hydrogen-bond acceptors (Lipinski definition) is 8. The van der Waals surface area contributed by atoms with Gasteiger partial charge in [-0.3, -0.25) is 0 Å². The Labute approximate surface area is 108 Å². The van der Waals surface area contributed by atoms with Gasteiger partial charge in [-0.05, 0) is 6.42 Å². The zero-order chi connectivity index (χ0) is 12.8. The lowest BCUT2D eigenvalue weighted by atomic mass is 10.5. The molecule has 8 nitrogen and oxygen atoms in total. The molecule has 0 atom stereocenters. The Morgan fingerprint density at radius 3 is 3.00 bits per heavy atom. The van der Waals surface area contributed by atoms with E-state index >= 15 is 0 Å². The second kappa shape index (κ2) is 6.26. The molecule has 2 aromatic rings. The van der Waals surface area contributed by atoms with E-state index in [1.165, 1.54) is 29.1 Å². The summed E-state index contributed by atoms with van der Waals surface area (Å²) in [5.74, 6) is 1.40. The third-order valence-corrected chi connectivity index (χ3v) is 2.90. The number of ether oxygens (including phenoxy) is 1. The maximum Gasteiger partial charge on any atom is 0.257 e. The van der Waals surface area contributed by atoms with Crippen molar-refractivity contribution in [2.24, 2.45) is 0 Å². The first-order valence-corrected chi connectivity index (χ1v) is 6.26.